The quantitative estimate of drug-likeness (QED) is 0.416. The molecule has 5 nitrogen and oxygen atoms in total. The molecule has 0 fully saturated rings. The molecule has 0 aliphatic carbocycles. The molecular formula is C28H32FN3O2. The van der Waals surface area contributed by atoms with Gasteiger partial charge in [-0.3, -0.25) is 4.79 Å². The van der Waals surface area contributed by atoms with Gasteiger partial charge in [0.2, 0.25) is 5.91 Å². The number of methoxy groups -OCH3 is 1. The predicted octanol–water partition coefficient (Wildman–Crippen LogP) is 5.81. The first-order valence-corrected chi connectivity index (χ1v) is 11.8. The average molecular weight is 462 g/mol. The number of nitrogens with one attached hydrogen (secondary N) is 2. The van der Waals surface area contributed by atoms with Crippen LogP contribution in [0.3, 0.4) is 0 Å². The van der Waals surface area contributed by atoms with Crippen LogP contribution in [-0.4, -0.2) is 42.5 Å². The highest BCUT2D eigenvalue weighted by Crippen LogP contribution is 2.39. The number of nitrogens with zero attached hydrogens (tertiary/aromatic N) is 1. The first-order valence-electron chi connectivity index (χ1n) is 11.8. The molecule has 1 aromatic heterocycles. The van der Waals surface area contributed by atoms with Gasteiger partial charge in [-0.1, -0.05) is 37.3 Å². The van der Waals surface area contributed by atoms with E-state index in [1.807, 2.05) is 60.5 Å². The van der Waals surface area contributed by atoms with Crippen LogP contribution in [0.15, 0.2) is 54.8 Å². The van der Waals surface area contributed by atoms with E-state index in [4.69, 9.17) is 4.74 Å². The molecule has 0 saturated heterocycles. The molecule has 4 rings (SSSR count). The summed E-state index contributed by atoms with van der Waals surface area (Å²) in [7, 11) is 1.64. The summed E-state index contributed by atoms with van der Waals surface area (Å²) in [5.74, 6) is 0.526. The number of aromatic nitrogens is 1. The van der Waals surface area contributed by atoms with Gasteiger partial charge in [-0.05, 0) is 55.3 Å². The van der Waals surface area contributed by atoms with Gasteiger partial charge in [0.1, 0.15) is 5.75 Å². The van der Waals surface area contributed by atoms with E-state index in [9.17, 15) is 4.79 Å². The molecule has 0 atom stereocenters. The van der Waals surface area contributed by atoms with Crippen LogP contribution in [0.2, 0.25) is 0 Å². The Morgan fingerprint density at radius 2 is 2.06 bits per heavy atom. The first-order chi connectivity index (χ1) is 16.5. The van der Waals surface area contributed by atoms with Crippen molar-refractivity contribution < 1.29 is 13.9 Å². The second-order valence-corrected chi connectivity index (χ2v) is 8.58. The number of fused-ring (bicyclic) bond motifs is 1. The van der Waals surface area contributed by atoms with Crippen molar-refractivity contribution in [1.82, 2.24) is 15.2 Å². The van der Waals surface area contributed by atoms with Gasteiger partial charge >= 0.3 is 0 Å². The van der Waals surface area contributed by atoms with Crippen LogP contribution in [0, 0.1) is 12.7 Å². The van der Waals surface area contributed by atoms with Gasteiger partial charge in [0, 0.05) is 48.3 Å². The molecule has 0 radical (unpaired) electrons. The minimum absolute atomic E-state index is 0.0742. The Morgan fingerprint density at radius 3 is 2.85 bits per heavy atom. The van der Waals surface area contributed by atoms with Gasteiger partial charge in [-0.2, -0.15) is 0 Å². The van der Waals surface area contributed by atoms with Crippen LogP contribution >= 0.6 is 0 Å². The predicted molar refractivity (Wildman–Crippen MR) is 136 cm³/mol. The number of ether oxygens (including phenoxy) is 1. The van der Waals surface area contributed by atoms with Crippen LogP contribution in [0.5, 0.6) is 5.75 Å². The number of aryl methyl sites for hydroxylation is 1. The number of allylic oxidation sites excluding steroid dienone is 1. The van der Waals surface area contributed by atoms with Gasteiger partial charge in [-0.25, -0.2) is 4.39 Å². The number of halogens is 1. The van der Waals surface area contributed by atoms with E-state index in [0.717, 1.165) is 40.0 Å². The molecule has 2 N–H and O–H groups in total. The van der Waals surface area contributed by atoms with Gasteiger partial charge < -0.3 is 19.9 Å². The summed E-state index contributed by atoms with van der Waals surface area (Å²) in [5, 5.41) is 3.97. The SMILES string of the molecule is CC/C=C\NCCC(=O)N1CCC=C(c2cc(-c3ccccc3OC)c3cc(C)[nH]c3c2F)C1. The minimum atomic E-state index is -0.284. The van der Waals surface area contributed by atoms with E-state index >= 15 is 4.39 Å². The Labute approximate surface area is 200 Å². The van der Waals surface area contributed by atoms with Crippen molar-refractivity contribution in [2.24, 2.45) is 0 Å². The number of aromatic amines is 1. The summed E-state index contributed by atoms with van der Waals surface area (Å²) in [4.78, 5) is 17.8. The Hall–Kier alpha value is -3.54. The minimum Gasteiger partial charge on any atom is -0.496 e. The van der Waals surface area contributed by atoms with Crippen molar-refractivity contribution in [3.8, 4) is 16.9 Å². The molecule has 2 heterocycles. The number of hydrogen-bond donors (Lipinski definition) is 2. The molecule has 1 amide bonds. The Morgan fingerprint density at radius 1 is 1.24 bits per heavy atom. The molecule has 2 aromatic carbocycles. The monoisotopic (exact) mass is 461 g/mol. The van der Waals surface area contributed by atoms with Crippen LogP contribution in [-0.2, 0) is 4.79 Å². The zero-order valence-electron chi connectivity index (χ0n) is 20.1. The number of benzene rings is 2. The second-order valence-electron chi connectivity index (χ2n) is 8.58. The van der Waals surface area contributed by atoms with Crippen molar-refractivity contribution in [2.75, 3.05) is 26.7 Å². The highest BCUT2D eigenvalue weighted by Gasteiger charge is 2.24. The van der Waals surface area contributed by atoms with Crippen LogP contribution in [0.25, 0.3) is 27.6 Å². The van der Waals surface area contributed by atoms with E-state index in [1.54, 1.807) is 7.11 Å². The van der Waals surface area contributed by atoms with Crippen molar-refractivity contribution >= 4 is 22.4 Å². The molecule has 0 spiro atoms. The summed E-state index contributed by atoms with van der Waals surface area (Å²) in [5.41, 5.74) is 4.54. The smallest absolute Gasteiger partial charge is 0.224 e. The highest BCUT2D eigenvalue weighted by atomic mass is 19.1. The standard InChI is InChI=1S/C28H32FN3O2/c1-4-5-13-30-14-12-26(33)32-15-8-9-20(18-32)22-17-23(21-10-6-7-11-25(21)34-3)24-16-19(2)31-28(24)27(22)29/h5-7,9-11,13,16-17,30-31H,4,8,12,14-15,18H2,1-3H3/b13-5-. The van der Waals surface area contributed by atoms with Gasteiger partial charge in [0.05, 0.1) is 12.6 Å². The van der Waals surface area contributed by atoms with Crippen LogP contribution in [0.1, 0.15) is 37.4 Å². The van der Waals surface area contributed by atoms with Crippen molar-refractivity contribution in [1.29, 1.82) is 0 Å². The zero-order valence-corrected chi connectivity index (χ0v) is 20.1. The molecule has 6 heteroatoms. The molecule has 0 unspecified atom stereocenters. The van der Waals surface area contributed by atoms with Gasteiger partial charge in [-0.15, -0.1) is 0 Å². The molecule has 178 valence electrons. The molecule has 1 aliphatic heterocycles. The number of carbonyl (C=O) groups excluding carboxylic acids is 1. The lowest BCUT2D eigenvalue weighted by molar-refractivity contribution is -0.130. The molecule has 0 saturated carbocycles. The van der Waals surface area contributed by atoms with E-state index in [-0.39, 0.29) is 11.7 Å². The van der Waals surface area contributed by atoms with Crippen molar-refractivity contribution in [3.05, 3.63) is 71.8 Å². The number of carbonyl (C=O) groups is 1. The van der Waals surface area contributed by atoms with E-state index in [2.05, 4.69) is 23.3 Å². The lowest BCUT2D eigenvalue weighted by Crippen LogP contribution is -2.36. The maximum Gasteiger partial charge on any atom is 0.224 e. The zero-order chi connectivity index (χ0) is 24.1. The fourth-order valence-electron chi connectivity index (χ4n) is 4.49. The third-order valence-electron chi connectivity index (χ3n) is 6.19. The Balaban J connectivity index is 1.67. The Kier molecular flexibility index (Phi) is 7.36. The normalized spacial score (nSPS) is 14.0. The number of rotatable bonds is 8. The third-order valence-corrected chi connectivity index (χ3v) is 6.19. The van der Waals surface area contributed by atoms with Crippen LogP contribution in [0.4, 0.5) is 4.39 Å². The first kappa shape index (κ1) is 23.6. The van der Waals surface area contributed by atoms with Gasteiger partial charge in [0.15, 0.2) is 5.82 Å². The number of H-pyrrole nitrogens is 1. The number of hydrogen-bond acceptors (Lipinski definition) is 3. The summed E-state index contributed by atoms with van der Waals surface area (Å²) in [6, 6.07) is 11.6. The van der Waals surface area contributed by atoms with Crippen molar-refractivity contribution in [2.45, 2.75) is 33.1 Å². The third kappa shape index (κ3) is 4.86. The fourth-order valence-corrected chi connectivity index (χ4v) is 4.49. The van der Waals surface area contributed by atoms with E-state index < -0.39 is 0 Å². The summed E-state index contributed by atoms with van der Waals surface area (Å²) < 4.78 is 21.4. The lowest BCUT2D eigenvalue weighted by atomic mass is 9.93. The summed E-state index contributed by atoms with van der Waals surface area (Å²) in [6.07, 6.45) is 8.02. The second kappa shape index (κ2) is 10.6. The molecule has 3 aromatic rings. The number of para-hydroxylation sites is 1. The molecule has 0 bridgehead atoms. The fraction of sp³-hybridized carbons (Fsp3) is 0.321. The topological polar surface area (TPSA) is 57.4 Å². The van der Waals surface area contributed by atoms with Gasteiger partial charge in [0.25, 0.3) is 0 Å². The van der Waals surface area contributed by atoms with E-state index in [1.165, 1.54) is 0 Å². The maximum absolute atomic E-state index is 15.8. The van der Waals surface area contributed by atoms with Crippen LogP contribution < -0.4 is 10.1 Å². The van der Waals surface area contributed by atoms with Crippen molar-refractivity contribution in [3.63, 3.8) is 0 Å². The summed E-state index contributed by atoms with van der Waals surface area (Å²) >= 11 is 0. The number of amides is 1. The summed E-state index contributed by atoms with van der Waals surface area (Å²) in [6.45, 7) is 5.63. The highest BCUT2D eigenvalue weighted by molar-refractivity contribution is 6.00. The lowest BCUT2D eigenvalue weighted by Gasteiger charge is -2.28. The maximum atomic E-state index is 15.8. The molecular weight excluding hydrogens is 429 g/mol. The average Bonchev–Trinajstić information content (AvgIpc) is 3.26. The largest absolute Gasteiger partial charge is 0.496 e. The molecule has 1 aliphatic rings. The van der Waals surface area contributed by atoms with E-state index in [0.29, 0.717) is 43.6 Å². The Bertz CT molecular complexity index is 1240. The molecule has 34 heavy (non-hydrogen) atoms.